The monoisotopic (exact) mass is 559 g/mol. The minimum atomic E-state index is -4.75. The maximum atomic E-state index is 15.1. The van der Waals surface area contributed by atoms with Crippen molar-refractivity contribution in [1.29, 1.82) is 0 Å². The second-order valence-corrected chi connectivity index (χ2v) is 9.62. The molecule has 5 rings (SSSR count). The van der Waals surface area contributed by atoms with Gasteiger partial charge in [0.1, 0.15) is 28.7 Å². The molecule has 2 aromatic carbocycles. The maximum Gasteiger partial charge on any atom is 0.573 e. The number of aryl methyl sites for hydroxylation is 1. The van der Waals surface area contributed by atoms with Crippen molar-refractivity contribution < 1.29 is 31.5 Å². The van der Waals surface area contributed by atoms with Crippen molar-refractivity contribution in [3.8, 4) is 5.75 Å². The van der Waals surface area contributed by atoms with Crippen LogP contribution in [0.3, 0.4) is 0 Å². The van der Waals surface area contributed by atoms with Crippen LogP contribution in [0.2, 0.25) is 0 Å². The van der Waals surface area contributed by atoms with Crippen molar-refractivity contribution in [3.05, 3.63) is 89.4 Å². The van der Waals surface area contributed by atoms with Crippen LogP contribution in [0.15, 0.2) is 60.8 Å². The van der Waals surface area contributed by atoms with Crippen LogP contribution in [-0.4, -0.2) is 47.3 Å². The normalized spacial score (nSPS) is 15.9. The van der Waals surface area contributed by atoms with Crippen LogP contribution < -0.4 is 19.9 Å². The number of alkyl halides is 3. The second-order valence-electron chi connectivity index (χ2n) is 9.62. The van der Waals surface area contributed by atoms with E-state index in [4.69, 9.17) is 0 Å². The smallest absolute Gasteiger partial charge is 0.406 e. The number of carbonyl (C=O) groups is 1. The first-order chi connectivity index (χ1) is 19.0. The van der Waals surface area contributed by atoms with Gasteiger partial charge < -0.3 is 19.9 Å². The fraction of sp³-hybridized carbons (Fsp3) is 0.286. The number of piperazine rings is 1. The van der Waals surface area contributed by atoms with Gasteiger partial charge in [0.15, 0.2) is 0 Å². The molecule has 0 bridgehead atoms. The fourth-order valence-electron chi connectivity index (χ4n) is 4.99. The molecule has 1 aliphatic rings. The molecule has 0 radical (unpaired) electrons. The van der Waals surface area contributed by atoms with Gasteiger partial charge in [-0.1, -0.05) is 6.07 Å². The Bertz CT molecular complexity index is 1540. The average Bonchev–Trinajstić information content (AvgIpc) is 3.22. The molecule has 7 nitrogen and oxygen atoms in total. The van der Waals surface area contributed by atoms with Crippen LogP contribution in [0.25, 0.3) is 5.65 Å². The lowest BCUT2D eigenvalue weighted by molar-refractivity contribution is -0.274. The van der Waals surface area contributed by atoms with E-state index in [1.807, 2.05) is 16.7 Å². The molecule has 12 heteroatoms. The van der Waals surface area contributed by atoms with Crippen LogP contribution in [-0.2, 0) is 6.54 Å². The van der Waals surface area contributed by atoms with Gasteiger partial charge in [-0.05, 0) is 67.9 Å². The topological polar surface area (TPSA) is 62.1 Å². The van der Waals surface area contributed by atoms with E-state index in [9.17, 15) is 22.4 Å². The van der Waals surface area contributed by atoms with E-state index in [0.717, 1.165) is 5.69 Å². The molecule has 40 heavy (non-hydrogen) atoms. The summed E-state index contributed by atoms with van der Waals surface area (Å²) < 4.78 is 71.5. The zero-order valence-corrected chi connectivity index (χ0v) is 21.7. The summed E-state index contributed by atoms with van der Waals surface area (Å²) >= 11 is 0. The van der Waals surface area contributed by atoms with E-state index >= 15 is 4.39 Å². The number of hydrogen-bond donors (Lipinski definition) is 1. The van der Waals surface area contributed by atoms with Gasteiger partial charge in [-0.2, -0.15) is 0 Å². The van der Waals surface area contributed by atoms with Crippen LogP contribution in [0.4, 0.5) is 33.3 Å². The molecule has 0 aliphatic carbocycles. The fourth-order valence-corrected chi connectivity index (χ4v) is 4.99. The minimum Gasteiger partial charge on any atom is -0.406 e. The number of benzene rings is 2. The third-order valence-corrected chi connectivity index (χ3v) is 6.81. The number of nitrogens with zero attached hydrogens (tertiary/aromatic N) is 4. The lowest BCUT2D eigenvalue weighted by Gasteiger charge is -2.42. The molecule has 1 amide bonds. The van der Waals surface area contributed by atoms with E-state index in [0.29, 0.717) is 42.2 Å². The summed E-state index contributed by atoms with van der Waals surface area (Å²) in [4.78, 5) is 21.1. The zero-order valence-electron chi connectivity index (χ0n) is 21.7. The molecule has 0 saturated carbocycles. The number of ether oxygens (including phenoxy) is 1. The predicted octanol–water partition coefficient (Wildman–Crippen LogP) is 5.46. The van der Waals surface area contributed by atoms with Gasteiger partial charge in [-0.15, -0.1) is 13.2 Å². The van der Waals surface area contributed by atoms with Gasteiger partial charge in [0.05, 0.1) is 11.4 Å². The van der Waals surface area contributed by atoms with E-state index in [-0.39, 0.29) is 24.0 Å². The number of rotatable bonds is 6. The highest BCUT2D eigenvalue weighted by atomic mass is 19.4. The number of anilines is 2. The van der Waals surface area contributed by atoms with Crippen molar-refractivity contribution >= 4 is 22.9 Å². The number of fused-ring (bicyclic) bond motifs is 1. The lowest BCUT2D eigenvalue weighted by atomic mass is 10.1. The molecule has 1 N–H and O–H groups in total. The number of hydrogen-bond acceptors (Lipinski definition) is 5. The Morgan fingerprint density at radius 1 is 1.07 bits per heavy atom. The molecule has 4 aromatic rings. The van der Waals surface area contributed by atoms with Crippen molar-refractivity contribution in [2.75, 3.05) is 29.4 Å². The first-order valence-corrected chi connectivity index (χ1v) is 12.6. The van der Waals surface area contributed by atoms with Crippen LogP contribution >= 0.6 is 0 Å². The van der Waals surface area contributed by atoms with Gasteiger partial charge >= 0.3 is 6.36 Å². The largest absolute Gasteiger partial charge is 0.573 e. The number of amides is 1. The van der Waals surface area contributed by atoms with E-state index in [2.05, 4.69) is 15.0 Å². The molecule has 1 aliphatic heterocycles. The van der Waals surface area contributed by atoms with Crippen LogP contribution in [0, 0.1) is 18.6 Å². The average molecular weight is 560 g/mol. The lowest BCUT2D eigenvalue weighted by Crippen LogP contribution is -2.52. The van der Waals surface area contributed by atoms with Gasteiger partial charge in [0.2, 0.25) is 0 Å². The SMILES string of the molecule is Cc1nc2ccc(F)cn2c1C(=O)NCc1ccc(N2CCN(c3ccc(OC(F)(F)F)cc3)[C@@H](C)C2)c(F)c1. The van der Waals surface area contributed by atoms with Crippen LogP contribution in [0.5, 0.6) is 5.75 Å². The van der Waals surface area contributed by atoms with Gasteiger partial charge in [-0.25, -0.2) is 13.8 Å². The highest BCUT2D eigenvalue weighted by Crippen LogP contribution is 2.29. The summed E-state index contributed by atoms with van der Waals surface area (Å²) in [6.45, 7) is 5.22. The quantitative estimate of drug-likeness (QED) is 0.318. The Morgan fingerprint density at radius 3 is 2.50 bits per heavy atom. The number of halogens is 5. The first kappa shape index (κ1) is 27.2. The van der Waals surface area contributed by atoms with Gasteiger partial charge in [-0.3, -0.25) is 9.20 Å². The highest BCUT2D eigenvalue weighted by Gasteiger charge is 2.31. The molecular weight excluding hydrogens is 533 g/mol. The summed E-state index contributed by atoms with van der Waals surface area (Å²) in [5.41, 5.74) is 2.83. The van der Waals surface area contributed by atoms with Gasteiger partial charge in [0.25, 0.3) is 5.91 Å². The molecule has 210 valence electrons. The highest BCUT2D eigenvalue weighted by molar-refractivity contribution is 5.94. The molecule has 2 aromatic heterocycles. The molecule has 1 atom stereocenters. The number of pyridine rings is 1. The van der Waals surface area contributed by atoms with E-state index < -0.39 is 23.9 Å². The second kappa shape index (κ2) is 10.7. The van der Waals surface area contributed by atoms with Gasteiger partial charge in [0, 0.05) is 44.1 Å². The summed E-state index contributed by atoms with van der Waals surface area (Å²) in [6, 6.07) is 13.2. The molecule has 1 saturated heterocycles. The third-order valence-electron chi connectivity index (χ3n) is 6.81. The summed E-state index contributed by atoms with van der Waals surface area (Å²) in [5.74, 6) is -1.68. The Kier molecular flexibility index (Phi) is 7.26. The Balaban J connectivity index is 1.21. The van der Waals surface area contributed by atoms with E-state index in [1.54, 1.807) is 31.2 Å². The number of nitrogens with one attached hydrogen (secondary N) is 1. The van der Waals surface area contributed by atoms with Crippen molar-refractivity contribution in [2.45, 2.75) is 32.8 Å². The third kappa shape index (κ3) is 5.80. The molecular formula is C28H26F5N5O2. The van der Waals surface area contributed by atoms with Crippen molar-refractivity contribution in [1.82, 2.24) is 14.7 Å². The maximum absolute atomic E-state index is 15.1. The number of imidazole rings is 1. The Morgan fingerprint density at radius 2 is 1.82 bits per heavy atom. The summed E-state index contributed by atoms with van der Waals surface area (Å²) in [6.07, 6.45) is -3.56. The standard InChI is InChI=1S/C28H26F5N5O2/c1-17-15-36(11-12-37(17)21-5-7-22(8-6-21)40-28(31,32)33)24-9-3-19(13-23(24)30)14-34-27(39)26-18(2)35-25-10-4-20(29)16-38(25)26/h3-10,13,16-17H,11-12,14-15H2,1-2H3,(H,34,39)/t17-/m0/s1. The number of carbonyl (C=O) groups excluding carboxylic acids is 1. The molecule has 0 spiro atoms. The summed E-state index contributed by atoms with van der Waals surface area (Å²) in [7, 11) is 0. The first-order valence-electron chi connectivity index (χ1n) is 12.6. The minimum absolute atomic E-state index is 0.0416. The number of aromatic nitrogens is 2. The van der Waals surface area contributed by atoms with Crippen LogP contribution in [0.1, 0.15) is 28.7 Å². The molecule has 0 unspecified atom stereocenters. The summed E-state index contributed by atoms with van der Waals surface area (Å²) in [5, 5.41) is 2.75. The molecule has 1 fully saturated rings. The predicted molar refractivity (Wildman–Crippen MR) is 140 cm³/mol. The Labute approximate surface area is 226 Å². The van der Waals surface area contributed by atoms with E-state index in [1.165, 1.54) is 40.9 Å². The Hall–Kier alpha value is -4.35. The zero-order chi connectivity index (χ0) is 28.6. The molecule has 3 heterocycles. The van der Waals surface area contributed by atoms with Crippen molar-refractivity contribution in [3.63, 3.8) is 0 Å². The van der Waals surface area contributed by atoms with Crippen molar-refractivity contribution in [2.24, 2.45) is 0 Å².